The normalized spacial score (nSPS) is 11.3. The second kappa shape index (κ2) is 4.31. The Morgan fingerprint density at radius 3 is 2.52 bits per heavy atom. The van der Waals surface area contributed by atoms with Crippen molar-refractivity contribution in [3.8, 4) is 11.3 Å². The molecule has 21 heavy (non-hydrogen) atoms. The minimum absolute atomic E-state index is 0.346. The number of nitrogens with zero attached hydrogens (tertiary/aromatic N) is 3. The van der Waals surface area contributed by atoms with Crippen LogP contribution in [0.4, 0.5) is 8.78 Å². The number of H-pyrrole nitrogens is 1. The monoisotopic (exact) mass is 281 g/mol. The van der Waals surface area contributed by atoms with Gasteiger partial charge in [0.2, 0.25) is 11.9 Å². The average Bonchev–Trinajstić information content (AvgIpc) is 2.83. The summed E-state index contributed by atoms with van der Waals surface area (Å²) >= 11 is 0. The van der Waals surface area contributed by atoms with Gasteiger partial charge in [0.1, 0.15) is 5.65 Å². The van der Waals surface area contributed by atoms with E-state index < -0.39 is 11.9 Å². The molecule has 0 atom stereocenters. The number of halogens is 2. The molecular formula is C15H8F2N4. The van der Waals surface area contributed by atoms with E-state index in [0.29, 0.717) is 16.9 Å². The molecule has 0 aliphatic rings. The van der Waals surface area contributed by atoms with Crippen molar-refractivity contribution in [2.45, 2.75) is 0 Å². The average molecular weight is 281 g/mol. The van der Waals surface area contributed by atoms with Gasteiger partial charge in [0, 0.05) is 40.9 Å². The number of nitrogens with one attached hydrogen (secondary N) is 1. The predicted octanol–water partition coefficient (Wildman–Crippen LogP) is 3.45. The van der Waals surface area contributed by atoms with Crippen LogP contribution in [0.25, 0.3) is 33.2 Å². The molecule has 6 heteroatoms. The summed E-state index contributed by atoms with van der Waals surface area (Å²) in [5.41, 5.74) is 2.38. The molecule has 0 bridgehead atoms. The first kappa shape index (κ1) is 11.9. The Kier molecular flexibility index (Phi) is 2.44. The first-order valence-electron chi connectivity index (χ1n) is 6.26. The number of hydrogen-bond donors (Lipinski definition) is 1. The zero-order valence-corrected chi connectivity index (χ0v) is 10.6. The Bertz CT molecular complexity index is 958. The van der Waals surface area contributed by atoms with Crippen molar-refractivity contribution in [2.75, 3.05) is 0 Å². The van der Waals surface area contributed by atoms with Crippen molar-refractivity contribution in [2.24, 2.45) is 0 Å². The van der Waals surface area contributed by atoms with E-state index in [2.05, 4.69) is 19.9 Å². The van der Waals surface area contributed by atoms with Crippen LogP contribution in [0.15, 0.2) is 42.7 Å². The molecule has 0 aliphatic heterocycles. The lowest BCUT2D eigenvalue weighted by Crippen LogP contribution is -1.91. The number of fused-ring (bicyclic) bond motifs is 3. The van der Waals surface area contributed by atoms with Crippen LogP contribution in [0.5, 0.6) is 0 Å². The number of aromatic nitrogens is 4. The summed E-state index contributed by atoms with van der Waals surface area (Å²) in [4.78, 5) is 14.7. The molecule has 0 aliphatic carbocycles. The van der Waals surface area contributed by atoms with Gasteiger partial charge in [-0.3, -0.25) is 4.98 Å². The fraction of sp³-hybridized carbons (Fsp3) is 0. The van der Waals surface area contributed by atoms with E-state index in [9.17, 15) is 8.78 Å². The van der Waals surface area contributed by atoms with Crippen LogP contribution in [0.1, 0.15) is 0 Å². The summed E-state index contributed by atoms with van der Waals surface area (Å²) in [6.45, 7) is 0. The maximum Gasteiger partial charge on any atom is 0.216 e. The molecule has 0 amide bonds. The van der Waals surface area contributed by atoms with Gasteiger partial charge >= 0.3 is 0 Å². The molecule has 1 N–H and O–H groups in total. The van der Waals surface area contributed by atoms with E-state index in [4.69, 9.17) is 0 Å². The van der Waals surface area contributed by atoms with Crippen LogP contribution in [0.3, 0.4) is 0 Å². The van der Waals surface area contributed by atoms with Gasteiger partial charge < -0.3 is 4.98 Å². The highest BCUT2D eigenvalue weighted by Crippen LogP contribution is 2.26. The predicted molar refractivity (Wildman–Crippen MR) is 74.5 cm³/mol. The first-order chi connectivity index (χ1) is 10.2. The Hall–Kier alpha value is -2.89. The summed E-state index contributed by atoms with van der Waals surface area (Å²) in [5.74, 6) is -1.74. The molecule has 4 rings (SSSR count). The van der Waals surface area contributed by atoms with Crippen LogP contribution in [-0.2, 0) is 0 Å². The van der Waals surface area contributed by atoms with E-state index in [1.165, 1.54) is 0 Å². The lowest BCUT2D eigenvalue weighted by molar-refractivity contribution is 0.513. The van der Waals surface area contributed by atoms with Gasteiger partial charge in [-0.2, -0.15) is 13.8 Å². The first-order valence-corrected chi connectivity index (χ1v) is 6.26. The third-order valence-electron chi connectivity index (χ3n) is 3.32. The van der Waals surface area contributed by atoms with E-state index in [-0.39, 0.29) is 0 Å². The van der Waals surface area contributed by atoms with Crippen LogP contribution in [0.2, 0.25) is 0 Å². The molecule has 0 saturated heterocycles. The summed E-state index contributed by atoms with van der Waals surface area (Å²) in [7, 11) is 0. The van der Waals surface area contributed by atoms with Gasteiger partial charge in [-0.05, 0) is 18.2 Å². The molecule has 4 heterocycles. The second-order valence-electron chi connectivity index (χ2n) is 4.64. The van der Waals surface area contributed by atoms with Crippen LogP contribution >= 0.6 is 0 Å². The van der Waals surface area contributed by atoms with E-state index in [1.807, 2.05) is 12.1 Å². The van der Waals surface area contributed by atoms with E-state index in [0.717, 1.165) is 28.4 Å². The number of aromatic amines is 1. The van der Waals surface area contributed by atoms with Gasteiger partial charge in [-0.15, -0.1) is 0 Å². The largest absolute Gasteiger partial charge is 0.339 e. The molecule has 4 nitrogen and oxygen atoms in total. The number of hydrogen-bond acceptors (Lipinski definition) is 3. The molecular weight excluding hydrogens is 273 g/mol. The smallest absolute Gasteiger partial charge is 0.216 e. The minimum atomic E-state index is -0.868. The Morgan fingerprint density at radius 2 is 1.71 bits per heavy atom. The highest BCUT2D eigenvalue weighted by atomic mass is 19.1. The summed E-state index contributed by atoms with van der Waals surface area (Å²) in [6, 6.07) is 7.73. The third kappa shape index (κ3) is 1.92. The molecule has 0 radical (unpaired) electrons. The Balaban J connectivity index is 1.96. The molecule has 0 saturated carbocycles. The Labute approximate surface area is 117 Å². The second-order valence-corrected chi connectivity index (χ2v) is 4.64. The summed E-state index contributed by atoms with van der Waals surface area (Å²) < 4.78 is 26.4. The van der Waals surface area contributed by atoms with Crippen molar-refractivity contribution >= 4 is 21.9 Å². The SMILES string of the molecule is Fc1cc(-c2ccc3c(n2)[nH]c2ccncc23)cc([18F])n1. The van der Waals surface area contributed by atoms with E-state index >= 15 is 0 Å². The summed E-state index contributed by atoms with van der Waals surface area (Å²) in [6.07, 6.45) is 3.44. The number of rotatable bonds is 1. The van der Waals surface area contributed by atoms with Crippen molar-refractivity contribution in [3.63, 3.8) is 0 Å². The van der Waals surface area contributed by atoms with Gasteiger partial charge in [0.05, 0.1) is 11.2 Å². The zero-order valence-electron chi connectivity index (χ0n) is 10.6. The lowest BCUT2D eigenvalue weighted by atomic mass is 10.1. The zero-order chi connectivity index (χ0) is 14.4. The van der Waals surface area contributed by atoms with Crippen LogP contribution in [0, 0.1) is 11.9 Å². The maximum atomic E-state index is 13.2. The van der Waals surface area contributed by atoms with Gasteiger partial charge in [-0.25, -0.2) is 4.98 Å². The van der Waals surface area contributed by atoms with Gasteiger partial charge in [0.15, 0.2) is 0 Å². The molecule has 0 spiro atoms. The van der Waals surface area contributed by atoms with Gasteiger partial charge in [-0.1, -0.05) is 0 Å². The maximum absolute atomic E-state index is 13.2. The minimum Gasteiger partial charge on any atom is -0.339 e. The lowest BCUT2D eigenvalue weighted by Gasteiger charge is -2.01. The number of pyridine rings is 3. The Morgan fingerprint density at radius 1 is 0.905 bits per heavy atom. The molecule has 102 valence electrons. The van der Waals surface area contributed by atoms with Gasteiger partial charge in [0.25, 0.3) is 0 Å². The molecule has 4 aromatic rings. The van der Waals surface area contributed by atoms with Crippen LogP contribution < -0.4 is 0 Å². The molecule has 0 unspecified atom stereocenters. The molecule has 4 aromatic heterocycles. The highest BCUT2D eigenvalue weighted by molar-refractivity contribution is 6.05. The van der Waals surface area contributed by atoms with Crippen LogP contribution in [-0.4, -0.2) is 19.9 Å². The van der Waals surface area contributed by atoms with E-state index in [1.54, 1.807) is 18.5 Å². The standard InChI is InChI=1S/C15H8F2N4/c16-13-5-8(6-14(17)21-13)11-2-1-9-10-7-18-4-3-12(10)20-15(9)19-11/h1-7H,(H,19,20)/i16-1. The van der Waals surface area contributed by atoms with Crippen molar-refractivity contribution in [3.05, 3.63) is 54.6 Å². The summed E-state index contributed by atoms with van der Waals surface area (Å²) in [5, 5.41) is 1.87. The topological polar surface area (TPSA) is 54.5 Å². The fourth-order valence-corrected chi connectivity index (χ4v) is 2.39. The highest BCUT2D eigenvalue weighted by Gasteiger charge is 2.09. The third-order valence-corrected chi connectivity index (χ3v) is 3.32. The van der Waals surface area contributed by atoms with Crippen molar-refractivity contribution in [1.29, 1.82) is 0 Å². The van der Waals surface area contributed by atoms with Crippen molar-refractivity contribution in [1.82, 2.24) is 19.9 Å². The quantitative estimate of drug-likeness (QED) is 0.544. The molecule has 0 aromatic carbocycles. The molecule has 0 fully saturated rings. The van der Waals surface area contributed by atoms with Crippen molar-refractivity contribution < 1.29 is 8.78 Å². The fourth-order valence-electron chi connectivity index (χ4n) is 2.39.